The number of fused-ring (bicyclic) bond motifs is 3. The molecular weight excluding hydrogens is 513 g/mol. The van der Waals surface area contributed by atoms with Gasteiger partial charge in [-0.25, -0.2) is 0 Å². The lowest BCUT2D eigenvalue weighted by Gasteiger charge is -2.49. The van der Waals surface area contributed by atoms with Crippen LogP contribution in [0.4, 0.5) is 13.2 Å². The molecule has 4 unspecified atom stereocenters. The number of ketones is 2. The predicted octanol–water partition coefficient (Wildman–Crippen LogP) is 1.19. The minimum absolute atomic E-state index is 0.309. The first-order valence-electron chi connectivity index (χ1n) is 12.0. The summed E-state index contributed by atoms with van der Waals surface area (Å²) in [4.78, 5) is 39.2. The highest BCUT2D eigenvalue weighted by Crippen LogP contribution is 2.53. The van der Waals surface area contributed by atoms with Crippen LogP contribution in [0.1, 0.15) is 36.0 Å². The average Bonchev–Trinajstić information content (AvgIpc) is 2.83. The van der Waals surface area contributed by atoms with Crippen molar-refractivity contribution in [3.05, 3.63) is 45.7 Å². The lowest BCUT2D eigenvalue weighted by atomic mass is 9.57. The number of Topliss-reactive ketones (excluding diaryl/α,β-unsaturated/α-hetero) is 2. The molecule has 1 amide bonds. The van der Waals surface area contributed by atoms with Crippen molar-refractivity contribution in [3.63, 3.8) is 0 Å². The van der Waals surface area contributed by atoms with E-state index >= 15 is 0 Å². The van der Waals surface area contributed by atoms with Crippen LogP contribution in [-0.2, 0) is 31.7 Å². The molecule has 3 aliphatic carbocycles. The SMILES string of the molecule is NC(=O)C1=C(O)C2(O)C(=O)C3=C(O)c4c(O)ccc(C(F)(F)F)c4CC3CC2C(NC2CCOCC2)C1=O. The predicted molar refractivity (Wildman–Crippen MR) is 123 cm³/mol. The van der Waals surface area contributed by atoms with Crippen LogP contribution in [0.25, 0.3) is 5.76 Å². The molecule has 1 saturated carbocycles. The molecule has 13 heteroatoms. The highest BCUT2D eigenvalue weighted by Gasteiger charge is 2.64. The summed E-state index contributed by atoms with van der Waals surface area (Å²) < 4.78 is 46.6. The number of nitrogens with one attached hydrogen (secondary N) is 1. The molecule has 0 bridgehead atoms. The molecule has 0 aromatic heterocycles. The molecular formula is C25H25F3N2O8. The maximum atomic E-state index is 13.8. The van der Waals surface area contributed by atoms with Gasteiger partial charge in [0.25, 0.3) is 5.91 Å². The minimum atomic E-state index is -4.83. The van der Waals surface area contributed by atoms with Crippen molar-refractivity contribution in [2.75, 3.05) is 13.2 Å². The van der Waals surface area contributed by atoms with Gasteiger partial charge in [0.2, 0.25) is 5.78 Å². The number of halogens is 3. The molecule has 1 aromatic rings. The monoisotopic (exact) mass is 538 g/mol. The number of carbonyl (C=O) groups excluding carboxylic acids is 3. The van der Waals surface area contributed by atoms with E-state index in [-0.39, 0.29) is 12.5 Å². The Bertz CT molecular complexity index is 1310. The average molecular weight is 538 g/mol. The molecule has 1 aromatic carbocycles. The van der Waals surface area contributed by atoms with Crippen molar-refractivity contribution >= 4 is 23.2 Å². The molecule has 4 aliphatic rings. The lowest BCUT2D eigenvalue weighted by Crippen LogP contribution is -2.67. The minimum Gasteiger partial charge on any atom is -0.508 e. The Morgan fingerprint density at radius 2 is 1.79 bits per heavy atom. The second-order valence-electron chi connectivity index (χ2n) is 10.1. The van der Waals surface area contributed by atoms with Gasteiger partial charge in [-0.05, 0) is 49.3 Å². The van der Waals surface area contributed by atoms with E-state index in [1.165, 1.54) is 0 Å². The number of amides is 1. The largest absolute Gasteiger partial charge is 0.508 e. The summed E-state index contributed by atoms with van der Waals surface area (Å²) in [6.07, 6.45) is -4.67. The summed E-state index contributed by atoms with van der Waals surface area (Å²) in [5.74, 6) is -9.09. The molecule has 1 heterocycles. The third-order valence-corrected chi connectivity index (χ3v) is 8.02. The fourth-order valence-corrected chi connectivity index (χ4v) is 6.25. The summed E-state index contributed by atoms with van der Waals surface area (Å²) in [5.41, 5.74) is -1.20. The number of ether oxygens (including phenoxy) is 1. The van der Waals surface area contributed by atoms with E-state index in [4.69, 9.17) is 10.5 Å². The molecule has 10 nitrogen and oxygen atoms in total. The first-order valence-corrected chi connectivity index (χ1v) is 12.0. The summed E-state index contributed by atoms with van der Waals surface area (Å²) in [5, 5.41) is 46.8. The van der Waals surface area contributed by atoms with Crippen molar-refractivity contribution in [1.82, 2.24) is 5.32 Å². The molecule has 1 saturated heterocycles. The highest BCUT2D eigenvalue weighted by molar-refractivity contribution is 6.24. The van der Waals surface area contributed by atoms with Crippen LogP contribution in [0, 0.1) is 11.8 Å². The quantitative estimate of drug-likeness (QED) is 0.308. The molecule has 2 fully saturated rings. The summed E-state index contributed by atoms with van der Waals surface area (Å²) >= 11 is 0. The normalized spacial score (nSPS) is 30.2. The highest BCUT2D eigenvalue weighted by atomic mass is 19.4. The number of aliphatic hydroxyl groups excluding tert-OH is 2. The standard InChI is InChI=1S/C25H25F3N2O8/c26-25(27,28)12-1-2-14(31)16-11(12)7-9-8-13-18(30-10-3-5-38-6-4-10)20(33)17(23(29)36)22(35)24(13,37)21(34)15(9)19(16)32/h1-2,9-10,13,18,30-32,35,37H,3-8H2,(H2,29,36). The number of alkyl halides is 3. The zero-order valence-electron chi connectivity index (χ0n) is 19.8. The number of carbonyl (C=O) groups is 3. The van der Waals surface area contributed by atoms with Gasteiger partial charge in [-0.15, -0.1) is 0 Å². The fraction of sp³-hybridized carbons (Fsp3) is 0.480. The molecule has 4 atom stereocenters. The van der Waals surface area contributed by atoms with Gasteiger partial charge in [0, 0.05) is 30.7 Å². The van der Waals surface area contributed by atoms with Crippen molar-refractivity contribution in [2.24, 2.45) is 17.6 Å². The van der Waals surface area contributed by atoms with Crippen LogP contribution in [0.2, 0.25) is 0 Å². The van der Waals surface area contributed by atoms with Crippen LogP contribution < -0.4 is 11.1 Å². The van der Waals surface area contributed by atoms with E-state index in [2.05, 4.69) is 5.32 Å². The van der Waals surface area contributed by atoms with Gasteiger partial charge in [0.05, 0.1) is 17.2 Å². The Balaban J connectivity index is 1.68. The van der Waals surface area contributed by atoms with Gasteiger partial charge in [0.1, 0.15) is 22.8 Å². The summed E-state index contributed by atoms with van der Waals surface area (Å²) in [6.45, 7) is 0.722. The second-order valence-corrected chi connectivity index (χ2v) is 10.1. The number of phenols is 1. The van der Waals surface area contributed by atoms with E-state index in [0.29, 0.717) is 32.1 Å². The number of hydrogen-bond acceptors (Lipinski definition) is 9. The van der Waals surface area contributed by atoms with Crippen molar-refractivity contribution < 1.29 is 52.7 Å². The van der Waals surface area contributed by atoms with Gasteiger partial charge in [-0.3, -0.25) is 14.4 Å². The number of aliphatic hydroxyl groups is 3. The van der Waals surface area contributed by atoms with Gasteiger partial charge >= 0.3 is 6.18 Å². The van der Waals surface area contributed by atoms with E-state index in [9.17, 15) is 48.0 Å². The third-order valence-electron chi connectivity index (χ3n) is 8.02. The number of primary amides is 1. The molecule has 5 rings (SSSR count). The molecule has 204 valence electrons. The third kappa shape index (κ3) is 3.71. The number of hydrogen-bond donors (Lipinski definition) is 6. The topological polar surface area (TPSA) is 179 Å². The maximum Gasteiger partial charge on any atom is 0.416 e. The summed E-state index contributed by atoms with van der Waals surface area (Å²) in [6, 6.07) is -0.306. The molecule has 7 N–H and O–H groups in total. The van der Waals surface area contributed by atoms with Gasteiger partial charge in [0.15, 0.2) is 11.4 Å². The Hall–Kier alpha value is -3.42. The number of benzene rings is 1. The van der Waals surface area contributed by atoms with E-state index in [1.807, 2.05) is 0 Å². The Morgan fingerprint density at radius 3 is 2.39 bits per heavy atom. The number of rotatable bonds is 3. The Labute approximate surface area is 213 Å². The Kier molecular flexibility index (Phi) is 6.08. The first kappa shape index (κ1) is 26.2. The summed E-state index contributed by atoms with van der Waals surface area (Å²) in [7, 11) is 0. The van der Waals surface area contributed by atoms with Crippen LogP contribution in [0.5, 0.6) is 5.75 Å². The van der Waals surface area contributed by atoms with E-state index < -0.39 is 98.7 Å². The van der Waals surface area contributed by atoms with E-state index in [1.54, 1.807) is 0 Å². The fourth-order valence-electron chi connectivity index (χ4n) is 6.25. The van der Waals surface area contributed by atoms with Gasteiger partial charge in [-0.1, -0.05) is 0 Å². The zero-order chi connectivity index (χ0) is 27.7. The smallest absolute Gasteiger partial charge is 0.416 e. The van der Waals surface area contributed by atoms with Crippen molar-refractivity contribution in [1.29, 1.82) is 0 Å². The molecule has 0 spiro atoms. The molecule has 0 radical (unpaired) electrons. The van der Waals surface area contributed by atoms with Crippen LogP contribution in [0.15, 0.2) is 29.0 Å². The second kappa shape index (κ2) is 8.82. The van der Waals surface area contributed by atoms with Gasteiger partial charge in [-0.2, -0.15) is 13.2 Å². The van der Waals surface area contributed by atoms with Crippen LogP contribution in [0.3, 0.4) is 0 Å². The van der Waals surface area contributed by atoms with Gasteiger partial charge < -0.3 is 36.2 Å². The van der Waals surface area contributed by atoms with E-state index in [0.717, 1.165) is 6.07 Å². The van der Waals surface area contributed by atoms with Crippen LogP contribution >= 0.6 is 0 Å². The molecule has 38 heavy (non-hydrogen) atoms. The number of phenolic OH excluding ortho intramolecular Hbond substituents is 1. The van der Waals surface area contributed by atoms with Crippen LogP contribution in [-0.4, -0.2) is 68.8 Å². The maximum absolute atomic E-state index is 13.8. The van der Waals surface area contributed by atoms with Crippen molar-refractivity contribution in [3.8, 4) is 5.75 Å². The first-order chi connectivity index (χ1) is 17.8. The Morgan fingerprint density at radius 1 is 1.13 bits per heavy atom. The van der Waals surface area contributed by atoms with Crippen molar-refractivity contribution in [2.45, 2.75) is 49.5 Å². The molecule has 1 aliphatic heterocycles. The number of aromatic hydroxyl groups is 1. The lowest BCUT2D eigenvalue weighted by molar-refractivity contribution is -0.151. The number of nitrogens with two attached hydrogens (primary N) is 1. The zero-order valence-corrected chi connectivity index (χ0v) is 19.8.